The maximum Gasteiger partial charge on any atom is 0.346 e. The summed E-state index contributed by atoms with van der Waals surface area (Å²) in [6.07, 6.45) is 0. The van der Waals surface area contributed by atoms with Crippen molar-refractivity contribution in [3.63, 3.8) is 0 Å². The van der Waals surface area contributed by atoms with Gasteiger partial charge in [0, 0.05) is 13.5 Å². The summed E-state index contributed by atoms with van der Waals surface area (Å²) < 4.78 is 30.7. The number of nitrogens with zero attached hydrogens (tertiary/aromatic N) is 2. The van der Waals surface area contributed by atoms with Crippen molar-refractivity contribution in [3.05, 3.63) is 17.3 Å². The Morgan fingerprint density at radius 3 is 2.52 bits per heavy atom. The Hall–Kier alpha value is -1.96. The molecule has 0 aliphatic carbocycles. The fraction of sp³-hybridized carbons (Fsp3) is 0.667. The molecule has 1 aromatic heterocycles. The van der Waals surface area contributed by atoms with Gasteiger partial charge in [0.1, 0.15) is 5.76 Å². The van der Waals surface area contributed by atoms with Crippen molar-refractivity contribution in [2.45, 2.75) is 26.4 Å². The molecule has 2 saturated heterocycles. The number of aryl methyl sites for hydroxylation is 2. The SMILES string of the molecule is CCOC(=O)C1(F)CN(C(=O)c2nc(C)oc2C)CC12COC2. The molecule has 0 N–H and O–H groups in total. The molecular weight excluding hydrogens is 307 g/mol. The number of rotatable bonds is 3. The Morgan fingerprint density at radius 1 is 1.35 bits per heavy atom. The lowest BCUT2D eigenvalue weighted by molar-refractivity contribution is -0.196. The Balaban J connectivity index is 1.88. The number of alkyl halides is 1. The van der Waals surface area contributed by atoms with Gasteiger partial charge in [0.25, 0.3) is 5.91 Å². The molecule has 1 spiro atoms. The van der Waals surface area contributed by atoms with Gasteiger partial charge in [-0.25, -0.2) is 14.2 Å². The van der Waals surface area contributed by atoms with Crippen LogP contribution in [0.1, 0.15) is 29.1 Å². The largest absolute Gasteiger partial charge is 0.464 e. The van der Waals surface area contributed by atoms with Crippen molar-refractivity contribution in [1.29, 1.82) is 0 Å². The molecule has 3 rings (SSSR count). The predicted octanol–water partition coefficient (Wildman–Crippen LogP) is 1.04. The average Bonchev–Trinajstić information content (AvgIpc) is 2.96. The third kappa shape index (κ3) is 2.23. The van der Waals surface area contributed by atoms with Crippen molar-refractivity contribution in [3.8, 4) is 0 Å². The molecule has 1 amide bonds. The molecule has 1 atom stereocenters. The zero-order valence-corrected chi connectivity index (χ0v) is 13.3. The Labute approximate surface area is 132 Å². The summed E-state index contributed by atoms with van der Waals surface area (Å²) in [4.78, 5) is 30.1. The summed E-state index contributed by atoms with van der Waals surface area (Å²) in [7, 11) is 0. The number of halogens is 1. The summed E-state index contributed by atoms with van der Waals surface area (Å²) in [5.74, 6) is -0.649. The molecule has 2 aliphatic rings. The van der Waals surface area contributed by atoms with Gasteiger partial charge in [0.05, 0.1) is 31.8 Å². The second kappa shape index (κ2) is 5.30. The average molecular weight is 326 g/mol. The number of likely N-dealkylation sites (tertiary alicyclic amines) is 1. The molecule has 0 saturated carbocycles. The monoisotopic (exact) mass is 326 g/mol. The van der Waals surface area contributed by atoms with Gasteiger partial charge < -0.3 is 18.8 Å². The van der Waals surface area contributed by atoms with E-state index < -0.39 is 23.0 Å². The summed E-state index contributed by atoms with van der Waals surface area (Å²) in [5.41, 5.74) is -3.16. The molecule has 0 radical (unpaired) electrons. The van der Waals surface area contributed by atoms with E-state index in [0.717, 1.165) is 0 Å². The Morgan fingerprint density at radius 2 is 2.04 bits per heavy atom. The van der Waals surface area contributed by atoms with Crippen LogP contribution in [0.15, 0.2) is 4.42 Å². The number of ether oxygens (including phenoxy) is 2. The minimum atomic E-state index is -2.26. The van der Waals surface area contributed by atoms with E-state index in [9.17, 15) is 9.59 Å². The maximum atomic E-state index is 15.4. The van der Waals surface area contributed by atoms with Gasteiger partial charge in [-0.3, -0.25) is 4.79 Å². The summed E-state index contributed by atoms with van der Waals surface area (Å²) in [6, 6.07) is 0. The van der Waals surface area contributed by atoms with Crippen molar-refractivity contribution in [1.82, 2.24) is 9.88 Å². The van der Waals surface area contributed by atoms with Gasteiger partial charge >= 0.3 is 5.97 Å². The Kier molecular flexibility index (Phi) is 3.66. The smallest absolute Gasteiger partial charge is 0.346 e. The number of hydrogen-bond donors (Lipinski definition) is 0. The van der Waals surface area contributed by atoms with Crippen molar-refractivity contribution >= 4 is 11.9 Å². The molecular formula is C15H19FN2O5. The lowest BCUT2D eigenvalue weighted by Gasteiger charge is -2.43. The minimum absolute atomic E-state index is 0.0803. The van der Waals surface area contributed by atoms with E-state index in [4.69, 9.17) is 13.9 Å². The van der Waals surface area contributed by atoms with Gasteiger partial charge in [0.2, 0.25) is 5.67 Å². The quantitative estimate of drug-likeness (QED) is 0.772. The normalized spacial score (nSPS) is 25.5. The van der Waals surface area contributed by atoms with Crippen LogP contribution >= 0.6 is 0 Å². The molecule has 1 aromatic rings. The van der Waals surface area contributed by atoms with Crippen LogP contribution in [-0.4, -0.2) is 60.3 Å². The van der Waals surface area contributed by atoms with E-state index >= 15 is 4.39 Å². The number of oxazole rings is 1. The molecule has 0 bridgehead atoms. The first kappa shape index (κ1) is 15.9. The van der Waals surface area contributed by atoms with Crippen molar-refractivity contribution < 1.29 is 27.9 Å². The van der Waals surface area contributed by atoms with Crippen LogP contribution in [0.3, 0.4) is 0 Å². The summed E-state index contributed by atoms with van der Waals surface area (Å²) >= 11 is 0. The zero-order valence-electron chi connectivity index (χ0n) is 13.3. The lowest BCUT2D eigenvalue weighted by atomic mass is 9.74. The second-order valence-corrected chi connectivity index (χ2v) is 6.09. The van der Waals surface area contributed by atoms with Crippen LogP contribution < -0.4 is 0 Å². The van der Waals surface area contributed by atoms with Crippen LogP contribution in [0.25, 0.3) is 0 Å². The van der Waals surface area contributed by atoms with Crippen molar-refractivity contribution in [2.24, 2.45) is 5.41 Å². The molecule has 2 fully saturated rings. The predicted molar refractivity (Wildman–Crippen MR) is 75.6 cm³/mol. The molecule has 23 heavy (non-hydrogen) atoms. The highest BCUT2D eigenvalue weighted by atomic mass is 19.1. The number of amides is 1. The summed E-state index contributed by atoms with van der Waals surface area (Å²) in [5, 5.41) is 0. The van der Waals surface area contributed by atoms with Gasteiger partial charge in [0.15, 0.2) is 11.6 Å². The zero-order chi connectivity index (χ0) is 16.8. The van der Waals surface area contributed by atoms with E-state index in [2.05, 4.69) is 4.98 Å². The van der Waals surface area contributed by atoms with Crippen LogP contribution in [-0.2, 0) is 14.3 Å². The topological polar surface area (TPSA) is 81.9 Å². The highest BCUT2D eigenvalue weighted by Crippen LogP contribution is 2.48. The second-order valence-electron chi connectivity index (χ2n) is 6.09. The molecule has 8 heteroatoms. The van der Waals surface area contributed by atoms with E-state index in [1.807, 2.05) is 0 Å². The van der Waals surface area contributed by atoms with Crippen LogP contribution in [0.2, 0.25) is 0 Å². The summed E-state index contributed by atoms with van der Waals surface area (Å²) in [6.45, 7) is 4.85. The molecule has 7 nitrogen and oxygen atoms in total. The molecule has 1 unspecified atom stereocenters. The third-order valence-corrected chi connectivity index (χ3v) is 4.49. The fourth-order valence-electron chi connectivity index (χ4n) is 3.19. The van der Waals surface area contributed by atoms with E-state index in [0.29, 0.717) is 11.7 Å². The fourth-order valence-corrected chi connectivity index (χ4v) is 3.19. The minimum Gasteiger partial charge on any atom is -0.464 e. The van der Waals surface area contributed by atoms with Gasteiger partial charge in [-0.05, 0) is 13.8 Å². The number of aromatic nitrogens is 1. The molecule has 126 valence electrons. The van der Waals surface area contributed by atoms with E-state index in [1.54, 1.807) is 20.8 Å². The van der Waals surface area contributed by atoms with Gasteiger partial charge in [-0.1, -0.05) is 0 Å². The van der Waals surface area contributed by atoms with Crippen LogP contribution in [0, 0.1) is 19.3 Å². The molecule has 2 aliphatic heterocycles. The third-order valence-electron chi connectivity index (χ3n) is 4.49. The number of carbonyl (C=O) groups is 2. The van der Waals surface area contributed by atoms with E-state index in [1.165, 1.54) is 4.90 Å². The first-order valence-corrected chi connectivity index (χ1v) is 7.50. The number of esters is 1. The number of carbonyl (C=O) groups excluding carboxylic acids is 2. The lowest BCUT2D eigenvalue weighted by Crippen LogP contribution is -2.61. The molecule has 0 aromatic carbocycles. The van der Waals surface area contributed by atoms with Gasteiger partial charge in [-0.2, -0.15) is 0 Å². The van der Waals surface area contributed by atoms with Gasteiger partial charge in [-0.15, -0.1) is 0 Å². The van der Waals surface area contributed by atoms with Crippen LogP contribution in [0.4, 0.5) is 4.39 Å². The standard InChI is InChI=1S/C15H19FN2O5/c1-4-22-13(20)15(16)6-18(5-14(15)7-21-8-14)12(19)11-9(2)23-10(3)17-11/h4-8H2,1-3H3. The van der Waals surface area contributed by atoms with Crippen molar-refractivity contribution in [2.75, 3.05) is 32.9 Å². The Bertz CT molecular complexity index is 654. The number of hydrogen-bond acceptors (Lipinski definition) is 6. The first-order valence-electron chi connectivity index (χ1n) is 7.50. The van der Waals surface area contributed by atoms with Crippen LogP contribution in [0.5, 0.6) is 0 Å². The maximum absolute atomic E-state index is 15.4. The highest BCUT2D eigenvalue weighted by molar-refractivity contribution is 5.95. The molecule has 3 heterocycles. The first-order chi connectivity index (χ1) is 10.8. The van der Waals surface area contributed by atoms with E-state index in [-0.39, 0.29) is 38.6 Å². The highest BCUT2D eigenvalue weighted by Gasteiger charge is 2.68.